The normalized spacial score (nSPS) is 10.9. The van der Waals surface area contributed by atoms with Gasteiger partial charge in [-0.25, -0.2) is 9.97 Å². The van der Waals surface area contributed by atoms with E-state index in [0.717, 1.165) is 30.2 Å². The summed E-state index contributed by atoms with van der Waals surface area (Å²) in [5, 5.41) is 3.37. The maximum absolute atomic E-state index is 5.97. The van der Waals surface area contributed by atoms with E-state index in [1.54, 1.807) is 0 Å². The number of aromatic nitrogens is 2. The molecule has 0 saturated heterocycles. The van der Waals surface area contributed by atoms with Crippen LogP contribution >= 0.6 is 0 Å². The van der Waals surface area contributed by atoms with Crippen molar-refractivity contribution in [2.24, 2.45) is 0 Å². The van der Waals surface area contributed by atoms with E-state index in [1.165, 1.54) is 11.1 Å². The lowest BCUT2D eigenvalue weighted by Crippen LogP contribution is -2.10. The van der Waals surface area contributed by atoms with E-state index < -0.39 is 0 Å². The molecule has 21 heavy (non-hydrogen) atoms. The van der Waals surface area contributed by atoms with Crippen molar-refractivity contribution >= 4 is 11.6 Å². The number of anilines is 2. The van der Waals surface area contributed by atoms with Gasteiger partial charge < -0.3 is 11.1 Å². The first-order valence-electron chi connectivity index (χ1n) is 7.47. The van der Waals surface area contributed by atoms with Gasteiger partial charge in [0.1, 0.15) is 17.5 Å². The van der Waals surface area contributed by atoms with Crippen molar-refractivity contribution in [1.29, 1.82) is 0 Å². The van der Waals surface area contributed by atoms with E-state index in [2.05, 4.69) is 60.3 Å². The number of hydrogen-bond donors (Lipinski definition) is 2. The van der Waals surface area contributed by atoms with Crippen LogP contribution < -0.4 is 11.1 Å². The number of nitrogens with one attached hydrogen (secondary N) is 1. The number of nitrogen functional groups attached to an aromatic ring is 1. The van der Waals surface area contributed by atoms with E-state index >= 15 is 0 Å². The van der Waals surface area contributed by atoms with Crippen LogP contribution in [0.15, 0.2) is 24.3 Å². The SMILES string of the molecule is CCc1ccc(CNc2nc(C(C)C)nc(N)c2C)cc1. The average Bonchev–Trinajstić information content (AvgIpc) is 2.49. The number of aryl methyl sites for hydroxylation is 1. The van der Waals surface area contributed by atoms with Crippen molar-refractivity contribution < 1.29 is 0 Å². The maximum Gasteiger partial charge on any atom is 0.135 e. The number of rotatable bonds is 5. The Hall–Kier alpha value is -2.10. The Labute approximate surface area is 126 Å². The smallest absolute Gasteiger partial charge is 0.135 e. The molecule has 1 aromatic heterocycles. The third kappa shape index (κ3) is 3.72. The summed E-state index contributed by atoms with van der Waals surface area (Å²) in [5.41, 5.74) is 9.46. The molecule has 0 unspecified atom stereocenters. The topological polar surface area (TPSA) is 63.8 Å². The van der Waals surface area contributed by atoms with Gasteiger partial charge in [0, 0.05) is 18.0 Å². The van der Waals surface area contributed by atoms with Crippen molar-refractivity contribution in [3.05, 3.63) is 46.8 Å². The van der Waals surface area contributed by atoms with E-state index in [1.807, 2.05) is 6.92 Å². The van der Waals surface area contributed by atoms with E-state index in [4.69, 9.17) is 5.73 Å². The highest BCUT2D eigenvalue weighted by Gasteiger charge is 2.10. The van der Waals surface area contributed by atoms with Gasteiger partial charge in [0.25, 0.3) is 0 Å². The molecule has 0 spiro atoms. The lowest BCUT2D eigenvalue weighted by molar-refractivity contribution is 0.774. The highest BCUT2D eigenvalue weighted by atomic mass is 15.1. The summed E-state index contributed by atoms with van der Waals surface area (Å²) in [6, 6.07) is 8.62. The van der Waals surface area contributed by atoms with Crippen LogP contribution in [-0.2, 0) is 13.0 Å². The van der Waals surface area contributed by atoms with Gasteiger partial charge >= 0.3 is 0 Å². The van der Waals surface area contributed by atoms with Crippen LogP contribution in [-0.4, -0.2) is 9.97 Å². The van der Waals surface area contributed by atoms with Gasteiger partial charge in [0.2, 0.25) is 0 Å². The Morgan fingerprint density at radius 2 is 1.71 bits per heavy atom. The van der Waals surface area contributed by atoms with Crippen LogP contribution in [0.2, 0.25) is 0 Å². The van der Waals surface area contributed by atoms with Gasteiger partial charge in [-0.2, -0.15) is 0 Å². The molecule has 2 rings (SSSR count). The van der Waals surface area contributed by atoms with Crippen molar-refractivity contribution in [1.82, 2.24) is 9.97 Å². The lowest BCUT2D eigenvalue weighted by atomic mass is 10.1. The fraction of sp³-hybridized carbons (Fsp3) is 0.412. The molecule has 3 N–H and O–H groups in total. The van der Waals surface area contributed by atoms with Gasteiger partial charge in [-0.15, -0.1) is 0 Å². The summed E-state index contributed by atoms with van der Waals surface area (Å²) < 4.78 is 0. The molecule has 0 atom stereocenters. The molecule has 0 amide bonds. The number of nitrogens with two attached hydrogens (primary N) is 1. The quantitative estimate of drug-likeness (QED) is 0.879. The van der Waals surface area contributed by atoms with E-state index in [9.17, 15) is 0 Å². The Balaban J connectivity index is 2.15. The second-order valence-electron chi connectivity index (χ2n) is 5.62. The first kappa shape index (κ1) is 15.3. The van der Waals surface area contributed by atoms with Crippen LogP contribution in [0, 0.1) is 6.92 Å². The van der Waals surface area contributed by atoms with Crippen LogP contribution in [0.4, 0.5) is 11.6 Å². The number of hydrogen-bond acceptors (Lipinski definition) is 4. The van der Waals surface area contributed by atoms with Crippen LogP contribution in [0.3, 0.4) is 0 Å². The molecule has 0 bridgehead atoms. The van der Waals surface area contributed by atoms with Crippen molar-refractivity contribution in [3.63, 3.8) is 0 Å². The van der Waals surface area contributed by atoms with Crippen LogP contribution in [0.1, 0.15) is 49.2 Å². The molecular weight excluding hydrogens is 260 g/mol. The van der Waals surface area contributed by atoms with Gasteiger partial charge in [-0.1, -0.05) is 45.0 Å². The van der Waals surface area contributed by atoms with E-state index in [0.29, 0.717) is 5.82 Å². The lowest BCUT2D eigenvalue weighted by Gasteiger charge is -2.13. The van der Waals surface area contributed by atoms with Gasteiger partial charge in [0.15, 0.2) is 0 Å². The molecule has 0 aliphatic heterocycles. The van der Waals surface area contributed by atoms with Crippen LogP contribution in [0.25, 0.3) is 0 Å². The number of nitrogens with zero attached hydrogens (tertiary/aromatic N) is 2. The monoisotopic (exact) mass is 284 g/mol. The van der Waals surface area contributed by atoms with Crippen LogP contribution in [0.5, 0.6) is 0 Å². The fourth-order valence-corrected chi connectivity index (χ4v) is 2.06. The molecule has 4 heteroatoms. The highest BCUT2D eigenvalue weighted by molar-refractivity contribution is 5.55. The maximum atomic E-state index is 5.97. The minimum Gasteiger partial charge on any atom is -0.383 e. The van der Waals surface area contributed by atoms with Gasteiger partial charge in [0.05, 0.1) is 0 Å². The molecule has 1 heterocycles. The highest BCUT2D eigenvalue weighted by Crippen LogP contribution is 2.21. The minimum atomic E-state index is 0.261. The summed E-state index contributed by atoms with van der Waals surface area (Å²) in [6.07, 6.45) is 1.06. The zero-order valence-electron chi connectivity index (χ0n) is 13.3. The first-order valence-corrected chi connectivity index (χ1v) is 7.47. The third-order valence-electron chi connectivity index (χ3n) is 3.61. The molecule has 2 aromatic rings. The van der Waals surface area contributed by atoms with Gasteiger partial charge in [-0.3, -0.25) is 0 Å². The Morgan fingerprint density at radius 3 is 2.29 bits per heavy atom. The summed E-state index contributed by atoms with van der Waals surface area (Å²) in [4.78, 5) is 8.92. The summed E-state index contributed by atoms with van der Waals surface area (Å²) in [5.74, 6) is 2.42. The van der Waals surface area contributed by atoms with Crippen molar-refractivity contribution in [3.8, 4) is 0 Å². The molecule has 0 radical (unpaired) electrons. The molecule has 4 nitrogen and oxygen atoms in total. The van der Waals surface area contributed by atoms with E-state index in [-0.39, 0.29) is 5.92 Å². The van der Waals surface area contributed by atoms with Gasteiger partial charge in [-0.05, 0) is 24.5 Å². The molecule has 112 valence electrons. The van der Waals surface area contributed by atoms with Crippen molar-refractivity contribution in [2.45, 2.75) is 46.6 Å². The first-order chi connectivity index (χ1) is 10.0. The summed E-state index contributed by atoms with van der Waals surface area (Å²) >= 11 is 0. The predicted molar refractivity (Wildman–Crippen MR) is 88.4 cm³/mol. The zero-order chi connectivity index (χ0) is 15.4. The second-order valence-corrected chi connectivity index (χ2v) is 5.62. The largest absolute Gasteiger partial charge is 0.383 e. The summed E-state index contributed by atoms with van der Waals surface area (Å²) in [6.45, 7) is 8.98. The predicted octanol–water partition coefficient (Wildman–Crippen LogP) is 3.67. The second kappa shape index (κ2) is 6.57. The Bertz CT molecular complexity index is 603. The molecule has 0 aliphatic carbocycles. The molecular formula is C17H24N4. The molecule has 0 saturated carbocycles. The van der Waals surface area contributed by atoms with Crippen molar-refractivity contribution in [2.75, 3.05) is 11.1 Å². The zero-order valence-corrected chi connectivity index (χ0v) is 13.3. The molecule has 0 fully saturated rings. The number of benzene rings is 1. The minimum absolute atomic E-state index is 0.261. The fourth-order valence-electron chi connectivity index (χ4n) is 2.06. The standard InChI is InChI=1S/C17H24N4/c1-5-13-6-8-14(9-7-13)10-19-17-12(4)15(18)20-16(21-17)11(2)3/h6-9,11H,5,10H2,1-4H3,(H3,18,19,20,21). The Morgan fingerprint density at radius 1 is 1.10 bits per heavy atom. The molecule has 0 aliphatic rings. The third-order valence-corrected chi connectivity index (χ3v) is 3.61. The summed E-state index contributed by atoms with van der Waals surface area (Å²) in [7, 11) is 0. The average molecular weight is 284 g/mol. The Kier molecular flexibility index (Phi) is 4.78. The molecule has 1 aromatic carbocycles.